The number of hydrogen-bond donors (Lipinski definition) is 1. The molecule has 5 nitrogen and oxygen atoms in total. The summed E-state index contributed by atoms with van der Waals surface area (Å²) in [6, 6.07) is 11.3. The first-order valence-electron chi connectivity index (χ1n) is 9.64. The summed E-state index contributed by atoms with van der Waals surface area (Å²) in [7, 11) is -3.61. The second-order valence-corrected chi connectivity index (χ2v) is 9.67. The first-order valence-corrected chi connectivity index (χ1v) is 11.1. The zero-order chi connectivity index (χ0) is 20.5. The van der Waals surface area contributed by atoms with E-state index in [4.69, 9.17) is 0 Å². The van der Waals surface area contributed by atoms with Crippen molar-refractivity contribution >= 4 is 21.6 Å². The molecule has 0 aromatic heterocycles. The number of aryl methyl sites for hydroxylation is 4. The van der Waals surface area contributed by atoms with Gasteiger partial charge in [-0.3, -0.25) is 4.79 Å². The molecule has 0 unspecified atom stereocenters. The number of nitrogens with zero attached hydrogens (tertiary/aromatic N) is 1. The Morgan fingerprint density at radius 3 is 2.43 bits per heavy atom. The predicted molar refractivity (Wildman–Crippen MR) is 112 cm³/mol. The average molecular weight is 401 g/mol. The van der Waals surface area contributed by atoms with Gasteiger partial charge in [0.05, 0.1) is 10.8 Å². The minimum absolute atomic E-state index is 0.121. The highest BCUT2D eigenvalue weighted by Gasteiger charge is 2.34. The monoisotopic (exact) mass is 400 g/mol. The number of piperidine rings is 1. The molecule has 6 heteroatoms. The standard InChI is InChI=1S/C22H28N2O3S/c1-15-7-8-17(3)21(12-15)28(26,27)24-11-5-6-19(14-24)22(25)23-20-10-9-16(2)18(4)13-20/h7-10,12-13,19H,5-6,11,14H2,1-4H3,(H,23,25)/t19-/m0/s1. The molecule has 3 rings (SSSR count). The maximum absolute atomic E-state index is 13.2. The lowest BCUT2D eigenvalue weighted by Crippen LogP contribution is -2.43. The van der Waals surface area contributed by atoms with Gasteiger partial charge in [0.25, 0.3) is 0 Å². The van der Waals surface area contributed by atoms with Crippen LogP contribution in [-0.4, -0.2) is 31.7 Å². The largest absolute Gasteiger partial charge is 0.326 e. The lowest BCUT2D eigenvalue weighted by molar-refractivity contribution is -0.120. The van der Waals surface area contributed by atoms with Crippen LogP contribution >= 0.6 is 0 Å². The third-order valence-electron chi connectivity index (χ3n) is 5.49. The molecular weight excluding hydrogens is 372 g/mol. The molecule has 1 atom stereocenters. The highest BCUT2D eigenvalue weighted by molar-refractivity contribution is 7.89. The highest BCUT2D eigenvalue weighted by Crippen LogP contribution is 2.27. The average Bonchev–Trinajstić information content (AvgIpc) is 2.66. The molecule has 0 aliphatic carbocycles. The number of carbonyl (C=O) groups excluding carboxylic acids is 1. The van der Waals surface area contributed by atoms with E-state index in [1.54, 1.807) is 13.0 Å². The van der Waals surface area contributed by atoms with E-state index >= 15 is 0 Å². The van der Waals surface area contributed by atoms with Gasteiger partial charge in [-0.05, 0) is 81.0 Å². The van der Waals surface area contributed by atoms with Crippen LogP contribution in [0.3, 0.4) is 0 Å². The predicted octanol–water partition coefficient (Wildman–Crippen LogP) is 3.96. The maximum Gasteiger partial charge on any atom is 0.243 e. The quantitative estimate of drug-likeness (QED) is 0.845. The number of benzene rings is 2. The van der Waals surface area contributed by atoms with Crippen LogP contribution in [0.5, 0.6) is 0 Å². The first kappa shape index (κ1) is 20.6. The molecule has 0 radical (unpaired) electrons. The van der Waals surface area contributed by atoms with E-state index in [2.05, 4.69) is 5.32 Å². The molecule has 1 heterocycles. The molecular formula is C22H28N2O3S. The molecule has 1 aliphatic heterocycles. The van der Waals surface area contributed by atoms with Gasteiger partial charge in [-0.15, -0.1) is 0 Å². The van der Waals surface area contributed by atoms with E-state index in [1.807, 2.05) is 51.1 Å². The summed E-state index contributed by atoms with van der Waals surface area (Å²) in [6.07, 6.45) is 1.37. The number of nitrogens with one attached hydrogen (secondary N) is 1. The second-order valence-electron chi connectivity index (χ2n) is 7.76. The Hall–Kier alpha value is -2.18. The van der Waals surface area contributed by atoms with Gasteiger partial charge in [-0.25, -0.2) is 8.42 Å². The van der Waals surface area contributed by atoms with Gasteiger partial charge in [-0.2, -0.15) is 4.31 Å². The van der Waals surface area contributed by atoms with Gasteiger partial charge in [-0.1, -0.05) is 18.2 Å². The van der Waals surface area contributed by atoms with Gasteiger partial charge in [0.2, 0.25) is 15.9 Å². The van der Waals surface area contributed by atoms with E-state index < -0.39 is 10.0 Å². The van der Waals surface area contributed by atoms with Crippen LogP contribution in [0.2, 0.25) is 0 Å². The Bertz CT molecular complexity index is 999. The topological polar surface area (TPSA) is 66.5 Å². The van der Waals surface area contributed by atoms with E-state index in [1.165, 1.54) is 9.87 Å². The molecule has 2 aromatic carbocycles. The van der Waals surface area contributed by atoms with Crippen LogP contribution in [0.1, 0.15) is 35.1 Å². The van der Waals surface area contributed by atoms with Crippen LogP contribution < -0.4 is 5.32 Å². The summed E-state index contributed by atoms with van der Waals surface area (Å²) in [5.41, 5.74) is 4.67. The molecule has 1 fully saturated rings. The first-order chi connectivity index (χ1) is 13.2. The van der Waals surface area contributed by atoms with Gasteiger partial charge in [0, 0.05) is 18.8 Å². The molecule has 1 amide bonds. The Morgan fingerprint density at radius 1 is 1.00 bits per heavy atom. The smallest absolute Gasteiger partial charge is 0.243 e. The number of carbonyl (C=O) groups is 1. The number of rotatable bonds is 4. The van der Waals surface area contributed by atoms with Crippen molar-refractivity contribution in [1.29, 1.82) is 0 Å². The second kappa shape index (κ2) is 8.05. The van der Waals surface area contributed by atoms with E-state index in [0.29, 0.717) is 24.3 Å². The van der Waals surface area contributed by atoms with Crippen LogP contribution in [0.4, 0.5) is 5.69 Å². The zero-order valence-electron chi connectivity index (χ0n) is 17.0. The molecule has 1 saturated heterocycles. The minimum Gasteiger partial charge on any atom is -0.326 e. The van der Waals surface area contributed by atoms with Crippen molar-refractivity contribution in [2.45, 2.75) is 45.4 Å². The molecule has 1 aliphatic rings. The van der Waals surface area contributed by atoms with Crippen molar-refractivity contribution in [3.63, 3.8) is 0 Å². The van der Waals surface area contributed by atoms with Crippen molar-refractivity contribution < 1.29 is 13.2 Å². The summed E-state index contributed by atoms with van der Waals surface area (Å²) in [4.78, 5) is 13.1. The van der Waals surface area contributed by atoms with Crippen molar-refractivity contribution in [2.24, 2.45) is 5.92 Å². The van der Waals surface area contributed by atoms with Gasteiger partial charge < -0.3 is 5.32 Å². The molecule has 0 spiro atoms. The van der Waals surface area contributed by atoms with Crippen molar-refractivity contribution in [3.8, 4) is 0 Å². The molecule has 0 bridgehead atoms. The molecule has 28 heavy (non-hydrogen) atoms. The minimum atomic E-state index is -3.61. The summed E-state index contributed by atoms with van der Waals surface area (Å²) in [5.74, 6) is -0.473. The van der Waals surface area contributed by atoms with Crippen molar-refractivity contribution in [1.82, 2.24) is 4.31 Å². The maximum atomic E-state index is 13.2. The fourth-order valence-electron chi connectivity index (χ4n) is 3.56. The van der Waals surface area contributed by atoms with E-state index in [-0.39, 0.29) is 18.4 Å². The van der Waals surface area contributed by atoms with Gasteiger partial charge in [0.1, 0.15) is 0 Å². The highest BCUT2D eigenvalue weighted by atomic mass is 32.2. The third kappa shape index (κ3) is 4.28. The summed E-state index contributed by atoms with van der Waals surface area (Å²) >= 11 is 0. The molecule has 2 aromatic rings. The number of amides is 1. The fraction of sp³-hybridized carbons (Fsp3) is 0.409. The lowest BCUT2D eigenvalue weighted by atomic mass is 9.98. The van der Waals surface area contributed by atoms with Crippen LogP contribution in [-0.2, 0) is 14.8 Å². The van der Waals surface area contributed by atoms with Gasteiger partial charge in [0.15, 0.2) is 0 Å². The van der Waals surface area contributed by atoms with Crippen molar-refractivity contribution in [2.75, 3.05) is 18.4 Å². The van der Waals surface area contributed by atoms with E-state index in [9.17, 15) is 13.2 Å². The Balaban J connectivity index is 1.76. The SMILES string of the molecule is Cc1ccc(C)c(S(=O)(=O)N2CCC[C@H](C(=O)Nc3ccc(C)c(C)c3)C2)c1. The van der Waals surface area contributed by atoms with Gasteiger partial charge >= 0.3 is 0 Å². The van der Waals surface area contributed by atoms with Crippen molar-refractivity contribution in [3.05, 3.63) is 58.7 Å². The Labute approximate surface area is 167 Å². The summed E-state index contributed by atoms with van der Waals surface area (Å²) in [5, 5.41) is 2.95. The number of sulfonamides is 1. The Morgan fingerprint density at radius 2 is 1.71 bits per heavy atom. The summed E-state index contributed by atoms with van der Waals surface area (Å²) in [6.45, 7) is 8.38. The molecule has 0 saturated carbocycles. The third-order valence-corrected chi connectivity index (χ3v) is 7.50. The van der Waals surface area contributed by atoms with E-state index in [0.717, 1.165) is 22.4 Å². The van der Waals surface area contributed by atoms with Crippen LogP contribution in [0.25, 0.3) is 0 Å². The number of hydrogen-bond acceptors (Lipinski definition) is 3. The normalized spacial score (nSPS) is 18.1. The Kier molecular flexibility index (Phi) is 5.91. The fourth-order valence-corrected chi connectivity index (χ4v) is 5.40. The molecule has 1 N–H and O–H groups in total. The molecule has 150 valence electrons. The van der Waals surface area contributed by atoms with Crippen LogP contribution in [0, 0.1) is 33.6 Å². The lowest BCUT2D eigenvalue weighted by Gasteiger charge is -2.31. The van der Waals surface area contributed by atoms with Crippen LogP contribution in [0.15, 0.2) is 41.3 Å². The number of anilines is 1. The zero-order valence-corrected chi connectivity index (χ0v) is 17.8. The summed E-state index contributed by atoms with van der Waals surface area (Å²) < 4.78 is 27.8.